The van der Waals surface area contributed by atoms with Crippen molar-refractivity contribution in [1.82, 2.24) is 15.2 Å². The SMILES string of the molecule is CC.CCN1CCC(OC)CC1.CNC(C)=O.c1ccncc1. The second-order valence-electron chi connectivity index (χ2n) is 4.70. The first-order valence-electron chi connectivity index (χ1n) is 8.42. The van der Waals surface area contributed by atoms with Crippen molar-refractivity contribution in [3.05, 3.63) is 30.6 Å². The Hall–Kier alpha value is -1.46. The normalized spacial score (nSPS) is 14.0. The van der Waals surface area contributed by atoms with Crippen LogP contribution in [-0.4, -0.2) is 55.7 Å². The zero-order valence-corrected chi connectivity index (χ0v) is 15.7. The summed E-state index contributed by atoms with van der Waals surface area (Å²) in [5, 5.41) is 2.39. The van der Waals surface area contributed by atoms with Gasteiger partial charge in [0, 0.05) is 46.6 Å². The summed E-state index contributed by atoms with van der Waals surface area (Å²) >= 11 is 0. The van der Waals surface area contributed by atoms with Crippen molar-refractivity contribution in [2.24, 2.45) is 0 Å². The van der Waals surface area contributed by atoms with Crippen LogP contribution in [0.4, 0.5) is 0 Å². The van der Waals surface area contributed by atoms with Crippen molar-refractivity contribution in [3.63, 3.8) is 0 Å². The molecule has 1 aliphatic rings. The minimum atomic E-state index is 0.00463. The second-order valence-corrected chi connectivity index (χ2v) is 4.70. The number of nitrogens with zero attached hydrogens (tertiary/aromatic N) is 2. The van der Waals surface area contributed by atoms with Gasteiger partial charge in [-0.15, -0.1) is 0 Å². The maximum atomic E-state index is 9.70. The average molecular weight is 325 g/mol. The van der Waals surface area contributed by atoms with E-state index in [0.29, 0.717) is 6.10 Å². The van der Waals surface area contributed by atoms with Gasteiger partial charge >= 0.3 is 0 Å². The van der Waals surface area contributed by atoms with Crippen LogP contribution in [0.1, 0.15) is 40.5 Å². The summed E-state index contributed by atoms with van der Waals surface area (Å²) in [5.41, 5.74) is 0. The average Bonchev–Trinajstić information content (AvgIpc) is 2.66. The van der Waals surface area contributed by atoms with Gasteiger partial charge in [0.25, 0.3) is 0 Å². The van der Waals surface area contributed by atoms with Crippen molar-refractivity contribution < 1.29 is 9.53 Å². The molecule has 2 rings (SSSR count). The summed E-state index contributed by atoms with van der Waals surface area (Å²) in [6, 6.07) is 5.72. The maximum Gasteiger partial charge on any atom is 0.216 e. The Balaban J connectivity index is 0. The largest absolute Gasteiger partial charge is 0.381 e. The molecule has 5 heteroatoms. The summed E-state index contributed by atoms with van der Waals surface area (Å²) in [4.78, 5) is 16.0. The highest BCUT2D eigenvalue weighted by molar-refractivity contribution is 5.72. The summed E-state index contributed by atoms with van der Waals surface area (Å²) in [6.07, 6.45) is 6.46. The molecule has 1 fully saturated rings. The van der Waals surface area contributed by atoms with Gasteiger partial charge in [-0.1, -0.05) is 26.8 Å². The number of hydrogen-bond acceptors (Lipinski definition) is 4. The van der Waals surface area contributed by atoms with Gasteiger partial charge in [-0.05, 0) is 31.5 Å². The summed E-state index contributed by atoms with van der Waals surface area (Å²) in [7, 11) is 3.41. The van der Waals surface area contributed by atoms with Gasteiger partial charge in [0.1, 0.15) is 0 Å². The van der Waals surface area contributed by atoms with Gasteiger partial charge in [0.2, 0.25) is 5.91 Å². The fraction of sp³-hybridized carbons (Fsp3) is 0.667. The van der Waals surface area contributed by atoms with Crippen LogP contribution >= 0.6 is 0 Å². The number of aromatic nitrogens is 1. The van der Waals surface area contributed by atoms with Crippen LogP contribution in [0.3, 0.4) is 0 Å². The number of carbonyl (C=O) groups is 1. The van der Waals surface area contributed by atoms with Gasteiger partial charge in [-0.2, -0.15) is 0 Å². The molecule has 1 N–H and O–H groups in total. The van der Waals surface area contributed by atoms with Gasteiger partial charge in [-0.25, -0.2) is 0 Å². The number of piperidine rings is 1. The summed E-state index contributed by atoms with van der Waals surface area (Å²) in [5.74, 6) is 0.00463. The van der Waals surface area contributed by atoms with E-state index in [0.717, 1.165) is 0 Å². The summed E-state index contributed by atoms with van der Waals surface area (Å²) < 4.78 is 5.26. The molecule has 0 radical (unpaired) electrons. The highest BCUT2D eigenvalue weighted by atomic mass is 16.5. The van der Waals surface area contributed by atoms with E-state index in [4.69, 9.17) is 4.74 Å². The zero-order valence-electron chi connectivity index (χ0n) is 15.7. The molecule has 23 heavy (non-hydrogen) atoms. The number of ether oxygens (including phenoxy) is 1. The molecule has 1 aromatic heterocycles. The Labute approximate surface area is 142 Å². The Morgan fingerprint density at radius 2 is 1.70 bits per heavy atom. The van der Waals surface area contributed by atoms with E-state index in [1.807, 2.05) is 39.2 Å². The highest BCUT2D eigenvalue weighted by Gasteiger charge is 2.16. The second kappa shape index (κ2) is 18.6. The molecule has 0 aromatic carbocycles. The van der Waals surface area contributed by atoms with E-state index in [1.54, 1.807) is 19.4 Å². The number of nitrogens with one attached hydrogen (secondary N) is 1. The molecule has 0 atom stereocenters. The van der Waals surface area contributed by atoms with E-state index < -0.39 is 0 Å². The van der Waals surface area contributed by atoms with Crippen molar-refractivity contribution >= 4 is 5.91 Å². The zero-order chi connectivity index (χ0) is 17.9. The maximum absolute atomic E-state index is 9.70. The van der Waals surface area contributed by atoms with Crippen LogP contribution in [0.15, 0.2) is 30.6 Å². The van der Waals surface area contributed by atoms with E-state index in [1.165, 1.54) is 39.4 Å². The lowest BCUT2D eigenvalue weighted by atomic mass is 10.1. The third-order valence-corrected chi connectivity index (χ3v) is 3.23. The quantitative estimate of drug-likeness (QED) is 0.908. The number of rotatable bonds is 2. The minimum Gasteiger partial charge on any atom is -0.381 e. The summed E-state index contributed by atoms with van der Waals surface area (Å²) in [6.45, 7) is 11.3. The van der Waals surface area contributed by atoms with Gasteiger partial charge in [-0.3, -0.25) is 9.78 Å². The molecule has 134 valence electrons. The number of amides is 1. The number of pyridine rings is 1. The first-order chi connectivity index (χ1) is 11.1. The topological polar surface area (TPSA) is 54.5 Å². The Morgan fingerprint density at radius 1 is 1.22 bits per heavy atom. The number of hydrogen-bond donors (Lipinski definition) is 1. The molecule has 0 saturated carbocycles. The van der Waals surface area contributed by atoms with Crippen LogP contribution in [0.2, 0.25) is 0 Å². The lowest BCUT2D eigenvalue weighted by Crippen LogP contribution is -2.36. The molecular weight excluding hydrogens is 290 g/mol. The molecule has 5 nitrogen and oxygen atoms in total. The molecule has 2 heterocycles. The monoisotopic (exact) mass is 325 g/mol. The molecule has 0 bridgehead atoms. The lowest BCUT2D eigenvalue weighted by Gasteiger charge is -2.29. The van der Waals surface area contributed by atoms with Crippen LogP contribution in [-0.2, 0) is 9.53 Å². The van der Waals surface area contributed by atoms with Crippen molar-refractivity contribution in [2.75, 3.05) is 33.8 Å². The Kier molecular flexibility index (Phi) is 19.2. The molecule has 0 spiro atoms. The van der Waals surface area contributed by atoms with Crippen molar-refractivity contribution in [2.45, 2.75) is 46.6 Å². The van der Waals surface area contributed by atoms with Gasteiger partial charge < -0.3 is 15.0 Å². The van der Waals surface area contributed by atoms with Crippen molar-refractivity contribution in [1.29, 1.82) is 0 Å². The molecule has 0 aliphatic carbocycles. The van der Waals surface area contributed by atoms with Crippen LogP contribution in [0.5, 0.6) is 0 Å². The molecule has 1 saturated heterocycles. The predicted molar refractivity (Wildman–Crippen MR) is 97.5 cm³/mol. The van der Waals surface area contributed by atoms with Crippen molar-refractivity contribution in [3.8, 4) is 0 Å². The fourth-order valence-corrected chi connectivity index (χ4v) is 1.77. The molecule has 1 aromatic rings. The number of carbonyl (C=O) groups excluding carboxylic acids is 1. The molecule has 1 aliphatic heterocycles. The Morgan fingerprint density at radius 3 is 1.91 bits per heavy atom. The third-order valence-electron chi connectivity index (χ3n) is 3.23. The van der Waals surface area contributed by atoms with Crippen LogP contribution in [0.25, 0.3) is 0 Å². The smallest absolute Gasteiger partial charge is 0.216 e. The van der Waals surface area contributed by atoms with E-state index in [2.05, 4.69) is 22.1 Å². The number of methoxy groups -OCH3 is 1. The predicted octanol–water partition coefficient (Wildman–Crippen LogP) is 2.98. The van der Waals surface area contributed by atoms with Crippen LogP contribution < -0.4 is 5.32 Å². The minimum absolute atomic E-state index is 0.00463. The first-order valence-corrected chi connectivity index (χ1v) is 8.42. The van der Waals surface area contributed by atoms with Gasteiger partial charge in [0.15, 0.2) is 0 Å². The highest BCUT2D eigenvalue weighted by Crippen LogP contribution is 2.11. The molecule has 0 unspecified atom stereocenters. The molecular formula is C18H35N3O2. The van der Waals surface area contributed by atoms with E-state index in [-0.39, 0.29) is 5.91 Å². The standard InChI is InChI=1S/C8H17NO.C5H5N.C3H7NO.C2H6/c1-3-9-6-4-8(10-2)5-7-9;1-2-4-6-5-3-1;1-3(5)4-2;1-2/h8H,3-7H2,1-2H3;1-5H;1-2H3,(H,4,5);1-2H3. The molecule has 1 amide bonds. The van der Waals surface area contributed by atoms with Crippen LogP contribution in [0, 0.1) is 0 Å². The Bertz CT molecular complexity index is 301. The third kappa shape index (κ3) is 16.7. The first kappa shape index (κ1) is 23.8. The van der Waals surface area contributed by atoms with E-state index >= 15 is 0 Å². The van der Waals surface area contributed by atoms with Gasteiger partial charge in [0.05, 0.1) is 6.10 Å². The lowest BCUT2D eigenvalue weighted by molar-refractivity contribution is -0.118. The number of likely N-dealkylation sites (tertiary alicyclic amines) is 1. The fourth-order valence-electron chi connectivity index (χ4n) is 1.77. The van der Waals surface area contributed by atoms with E-state index in [9.17, 15) is 4.79 Å².